The summed E-state index contributed by atoms with van der Waals surface area (Å²) in [4.78, 5) is 59.2. The summed E-state index contributed by atoms with van der Waals surface area (Å²) in [6.07, 6.45) is 4.27. The second-order valence-corrected chi connectivity index (χ2v) is 9.95. The Morgan fingerprint density at radius 2 is 1.82 bits per heavy atom. The molecule has 2 aromatic heterocycles. The molecule has 210 valence electrons. The lowest BCUT2D eigenvalue weighted by molar-refractivity contribution is -0.143. The molecule has 0 atom stereocenters. The number of imidazole rings is 1. The van der Waals surface area contributed by atoms with Gasteiger partial charge in [-0.2, -0.15) is 0 Å². The average molecular weight is 540 g/mol. The summed E-state index contributed by atoms with van der Waals surface area (Å²) in [5, 5.41) is 0. The molecule has 0 spiro atoms. The van der Waals surface area contributed by atoms with Gasteiger partial charge in [-0.05, 0) is 50.5 Å². The second-order valence-electron chi connectivity index (χ2n) is 9.95. The number of carbonyl (C=O) groups is 2. The Kier molecular flexibility index (Phi) is 9.56. The number of piperidine rings is 1. The van der Waals surface area contributed by atoms with Gasteiger partial charge in [0.1, 0.15) is 17.9 Å². The highest BCUT2D eigenvalue weighted by Gasteiger charge is 2.24. The fourth-order valence-corrected chi connectivity index (χ4v) is 4.94. The summed E-state index contributed by atoms with van der Waals surface area (Å²) in [6, 6.07) is 9.63. The summed E-state index contributed by atoms with van der Waals surface area (Å²) < 4.78 is 13.0. The van der Waals surface area contributed by atoms with Gasteiger partial charge in [0.05, 0.1) is 6.61 Å². The van der Waals surface area contributed by atoms with Crippen molar-refractivity contribution in [1.82, 2.24) is 24.0 Å². The van der Waals surface area contributed by atoms with Crippen LogP contribution in [-0.4, -0.2) is 55.8 Å². The lowest BCUT2D eigenvalue weighted by Gasteiger charge is -2.31. The molecule has 1 saturated heterocycles. The third-order valence-corrected chi connectivity index (χ3v) is 7.21. The monoisotopic (exact) mass is 539 g/mol. The maximum absolute atomic E-state index is 13.0. The van der Waals surface area contributed by atoms with Gasteiger partial charge in [-0.3, -0.25) is 18.7 Å². The van der Waals surface area contributed by atoms with Gasteiger partial charge in [-0.1, -0.05) is 30.3 Å². The van der Waals surface area contributed by atoms with Crippen LogP contribution in [0.3, 0.4) is 0 Å². The molecule has 11 nitrogen and oxygen atoms in total. The number of benzene rings is 1. The quantitative estimate of drug-likeness (QED) is 0.293. The van der Waals surface area contributed by atoms with Crippen molar-refractivity contribution in [2.45, 2.75) is 65.0 Å². The van der Waals surface area contributed by atoms with Gasteiger partial charge < -0.3 is 19.4 Å². The lowest BCUT2D eigenvalue weighted by atomic mass is 9.92. The van der Waals surface area contributed by atoms with E-state index in [1.165, 1.54) is 9.13 Å². The maximum Gasteiger partial charge on any atom is 0.410 e. The molecule has 1 amide bonds. The molecule has 1 N–H and O–H groups in total. The van der Waals surface area contributed by atoms with Crippen molar-refractivity contribution in [2.24, 2.45) is 13.0 Å². The van der Waals surface area contributed by atoms with E-state index in [-0.39, 0.29) is 31.6 Å². The summed E-state index contributed by atoms with van der Waals surface area (Å²) >= 11 is 0. The molecule has 0 unspecified atom stereocenters. The van der Waals surface area contributed by atoms with E-state index >= 15 is 0 Å². The van der Waals surface area contributed by atoms with Crippen molar-refractivity contribution in [3.8, 4) is 0 Å². The SMILES string of the molecule is CCOC(=O)CCCCn1c(=O)c2[nH]c(CCC3CCN(C(=O)OCc4ccccc4)CC3)nc2n(C)c1=O. The lowest BCUT2D eigenvalue weighted by Crippen LogP contribution is -2.39. The number of unbranched alkanes of at least 4 members (excludes halogenated alkanes) is 1. The van der Waals surface area contributed by atoms with Crippen LogP contribution >= 0.6 is 0 Å². The molecule has 1 aliphatic heterocycles. The van der Waals surface area contributed by atoms with Crippen LogP contribution in [0.4, 0.5) is 4.79 Å². The van der Waals surface area contributed by atoms with E-state index in [1.807, 2.05) is 30.3 Å². The first kappa shape index (κ1) is 28.1. The number of nitrogens with one attached hydrogen (secondary N) is 1. The fraction of sp³-hybridized carbons (Fsp3) is 0.536. The van der Waals surface area contributed by atoms with Crippen LogP contribution in [-0.2, 0) is 40.9 Å². The Morgan fingerprint density at radius 1 is 1.08 bits per heavy atom. The minimum Gasteiger partial charge on any atom is -0.466 e. The third-order valence-electron chi connectivity index (χ3n) is 7.21. The molecule has 3 aromatic rings. The molecule has 0 aliphatic carbocycles. The molecule has 39 heavy (non-hydrogen) atoms. The first-order chi connectivity index (χ1) is 18.9. The van der Waals surface area contributed by atoms with Crippen molar-refractivity contribution in [1.29, 1.82) is 0 Å². The minimum atomic E-state index is -0.423. The first-order valence-electron chi connectivity index (χ1n) is 13.7. The molecule has 11 heteroatoms. The minimum absolute atomic E-state index is 0.224. The standard InChI is InChI=1S/C28H37N5O6/c1-3-38-23(34)11-7-8-16-33-26(35)24-25(31(2)27(33)36)30-22(29-24)13-12-20-14-17-32(18-15-20)28(37)39-19-21-9-5-4-6-10-21/h4-6,9-10,20H,3,7-8,11-19H2,1-2H3,(H,29,30). The predicted octanol–water partition coefficient (Wildman–Crippen LogP) is 3.14. The number of aryl methyl sites for hydroxylation is 2. The molecular weight excluding hydrogens is 502 g/mol. The van der Waals surface area contributed by atoms with Crippen molar-refractivity contribution >= 4 is 23.2 Å². The molecule has 3 heterocycles. The smallest absolute Gasteiger partial charge is 0.410 e. The predicted molar refractivity (Wildman–Crippen MR) is 145 cm³/mol. The highest BCUT2D eigenvalue weighted by molar-refractivity contribution is 5.70. The normalized spacial score (nSPS) is 14.1. The topological polar surface area (TPSA) is 129 Å². The number of nitrogens with zero attached hydrogens (tertiary/aromatic N) is 4. The highest BCUT2D eigenvalue weighted by atomic mass is 16.6. The van der Waals surface area contributed by atoms with Crippen molar-refractivity contribution in [3.05, 3.63) is 62.6 Å². The van der Waals surface area contributed by atoms with Crippen molar-refractivity contribution < 1.29 is 19.1 Å². The first-order valence-corrected chi connectivity index (χ1v) is 13.7. The number of H-pyrrole nitrogens is 1. The van der Waals surface area contributed by atoms with E-state index in [0.717, 1.165) is 24.8 Å². The number of ether oxygens (including phenoxy) is 2. The van der Waals surface area contributed by atoms with Gasteiger partial charge in [0, 0.05) is 39.5 Å². The summed E-state index contributed by atoms with van der Waals surface area (Å²) in [6.45, 7) is 3.87. The van der Waals surface area contributed by atoms with Crippen LogP contribution < -0.4 is 11.2 Å². The van der Waals surface area contributed by atoms with E-state index in [1.54, 1.807) is 18.9 Å². The van der Waals surface area contributed by atoms with Gasteiger partial charge in [-0.25, -0.2) is 14.6 Å². The molecule has 4 rings (SSSR count). The van der Waals surface area contributed by atoms with Crippen LogP contribution in [0.25, 0.3) is 11.2 Å². The summed E-state index contributed by atoms with van der Waals surface area (Å²) in [5.74, 6) is 0.818. The van der Waals surface area contributed by atoms with E-state index in [0.29, 0.717) is 61.9 Å². The van der Waals surface area contributed by atoms with Crippen LogP contribution in [0, 0.1) is 5.92 Å². The summed E-state index contributed by atoms with van der Waals surface area (Å²) in [5.41, 5.74) is 0.801. The Hall–Kier alpha value is -3.89. The molecule has 0 bridgehead atoms. The number of rotatable bonds is 11. The van der Waals surface area contributed by atoms with Crippen molar-refractivity contribution in [2.75, 3.05) is 19.7 Å². The van der Waals surface area contributed by atoms with Gasteiger partial charge >= 0.3 is 17.8 Å². The fourth-order valence-electron chi connectivity index (χ4n) is 4.94. The zero-order valence-corrected chi connectivity index (χ0v) is 22.7. The van der Waals surface area contributed by atoms with E-state index < -0.39 is 11.2 Å². The zero-order valence-electron chi connectivity index (χ0n) is 22.7. The maximum atomic E-state index is 13.0. The van der Waals surface area contributed by atoms with Crippen LogP contribution in [0.5, 0.6) is 0 Å². The van der Waals surface area contributed by atoms with Crippen LogP contribution in [0.15, 0.2) is 39.9 Å². The Bertz CT molecular complexity index is 1390. The molecule has 1 aliphatic rings. The average Bonchev–Trinajstić information content (AvgIpc) is 3.39. The second kappa shape index (κ2) is 13.3. The van der Waals surface area contributed by atoms with Gasteiger partial charge in [0.15, 0.2) is 5.65 Å². The number of likely N-dealkylation sites (tertiary alicyclic amines) is 1. The van der Waals surface area contributed by atoms with E-state index in [2.05, 4.69) is 9.97 Å². The number of fused-ring (bicyclic) bond motifs is 1. The molecule has 0 radical (unpaired) electrons. The Morgan fingerprint density at radius 3 is 2.54 bits per heavy atom. The van der Waals surface area contributed by atoms with Crippen LogP contribution in [0.2, 0.25) is 0 Å². The zero-order chi connectivity index (χ0) is 27.8. The third kappa shape index (κ3) is 7.15. The Labute approximate surface area is 226 Å². The van der Waals surface area contributed by atoms with E-state index in [9.17, 15) is 19.2 Å². The van der Waals surface area contributed by atoms with Crippen LogP contribution in [0.1, 0.15) is 56.8 Å². The molecule has 1 fully saturated rings. The van der Waals surface area contributed by atoms with Gasteiger partial charge in [-0.15, -0.1) is 0 Å². The van der Waals surface area contributed by atoms with Crippen molar-refractivity contribution in [3.63, 3.8) is 0 Å². The number of hydrogen-bond donors (Lipinski definition) is 1. The van der Waals surface area contributed by atoms with E-state index in [4.69, 9.17) is 9.47 Å². The van der Waals surface area contributed by atoms with Gasteiger partial charge in [0.2, 0.25) is 0 Å². The molecule has 1 aromatic carbocycles. The number of hydrogen-bond acceptors (Lipinski definition) is 7. The number of amides is 1. The number of esters is 1. The number of aromatic nitrogens is 4. The van der Waals surface area contributed by atoms with Gasteiger partial charge in [0.25, 0.3) is 5.56 Å². The summed E-state index contributed by atoms with van der Waals surface area (Å²) in [7, 11) is 1.61. The highest BCUT2D eigenvalue weighted by Crippen LogP contribution is 2.23. The number of carbonyl (C=O) groups excluding carboxylic acids is 2. The Balaban J connectivity index is 1.28. The number of aromatic amines is 1. The largest absolute Gasteiger partial charge is 0.466 e. The molecular formula is C28H37N5O6. The molecule has 0 saturated carbocycles.